The predicted octanol–water partition coefficient (Wildman–Crippen LogP) is 30.3. The van der Waals surface area contributed by atoms with Gasteiger partial charge < -0.3 is 0 Å². The molecule has 0 fully saturated rings. The molecule has 9 atom stereocenters. The third-order valence-corrected chi connectivity index (χ3v) is 18.1. The molecule has 0 spiro atoms. The number of halogens is 17. The largest absolute Gasteiger partial charge is 0.453 e. The summed E-state index contributed by atoms with van der Waals surface area (Å²) in [7, 11) is 0. The summed E-state index contributed by atoms with van der Waals surface area (Å²) in [5, 5.41) is 0. The van der Waals surface area contributed by atoms with Crippen LogP contribution >= 0.6 is 0 Å². The van der Waals surface area contributed by atoms with Crippen LogP contribution in [0.1, 0.15) is 211 Å². The molecule has 0 N–H and O–H groups in total. The lowest BCUT2D eigenvalue weighted by Crippen LogP contribution is -2.38. The van der Waals surface area contributed by atoms with Gasteiger partial charge in [-0.2, -0.15) is 48.3 Å². The second-order valence-corrected chi connectivity index (χ2v) is 31.4. The molecule has 7 aromatic carbocycles. The summed E-state index contributed by atoms with van der Waals surface area (Å²) in [6, 6.07) is 56.3. The first-order valence-corrected chi connectivity index (χ1v) is 38.3. The molecule has 0 aliphatic heterocycles. The van der Waals surface area contributed by atoms with Crippen molar-refractivity contribution in [3.05, 3.63) is 248 Å². The molecule has 17 heteroatoms. The maximum Gasteiger partial charge on any atom is 0.453 e. The molecule has 109 heavy (non-hydrogen) atoms. The molecule has 0 saturated heterocycles. The van der Waals surface area contributed by atoms with Crippen molar-refractivity contribution in [1.29, 1.82) is 0 Å². The smallest absolute Gasteiger partial charge is 0.251 e. The van der Waals surface area contributed by atoms with Gasteiger partial charge in [0.15, 0.2) is 0 Å². The lowest BCUT2D eigenvalue weighted by molar-refractivity contribution is -0.287. The number of aryl methyl sites for hydroxylation is 7. The van der Waals surface area contributed by atoms with Gasteiger partial charge in [0.25, 0.3) is 0 Å². The van der Waals surface area contributed by atoms with Crippen molar-refractivity contribution in [2.24, 2.45) is 47.3 Å². The average Bonchev–Trinajstić information content (AvgIpc) is 0.828. The van der Waals surface area contributed by atoms with E-state index in [-0.39, 0.29) is 56.5 Å². The van der Waals surface area contributed by atoms with Crippen molar-refractivity contribution >= 4 is 0 Å². The van der Waals surface area contributed by atoms with Crippen LogP contribution in [0.15, 0.2) is 170 Å². The van der Waals surface area contributed by atoms with E-state index in [1.807, 2.05) is 147 Å². The number of alkyl halides is 17. The SMILES string of the molecule is Cc1cccc(CC(C)CC(C)(F)F)c1.Cc1cccc(CC(C)CC(C)C(F)(F)F)c1.Cc1cccc(CC(C)CC(C)F)c1.Cc1cccc(CC(C)CC(F)(F)C(F)(F)F)c1.Cc1cccc(CC(C)CCC(F)(F)F)c1.Cc1cccc(CC(C)CCC(F)F)c1.Cc1cccc(CC(C)CCCF)c1. The van der Waals surface area contributed by atoms with Crippen LogP contribution in [-0.2, 0) is 44.9 Å². The zero-order valence-electron chi connectivity index (χ0n) is 67.6. The Labute approximate surface area is 643 Å². The summed E-state index contributed by atoms with van der Waals surface area (Å²) in [4.78, 5) is 0. The van der Waals surface area contributed by atoms with Crippen molar-refractivity contribution in [2.75, 3.05) is 6.67 Å². The Morgan fingerprint density at radius 1 is 0.312 bits per heavy atom. The number of hydrogen-bond donors (Lipinski definition) is 0. The molecule has 9 unspecified atom stereocenters. The zero-order valence-corrected chi connectivity index (χ0v) is 67.6. The molecule has 0 heterocycles. The minimum absolute atomic E-state index is 0.0202. The highest BCUT2D eigenvalue weighted by Gasteiger charge is 2.57. The van der Waals surface area contributed by atoms with Gasteiger partial charge in [0, 0.05) is 25.7 Å². The number of rotatable bonds is 30. The second-order valence-electron chi connectivity index (χ2n) is 31.4. The maximum atomic E-state index is 12.8. The fourth-order valence-corrected chi connectivity index (χ4v) is 13.0. The molecular weight excluding hydrogens is 1430 g/mol. The van der Waals surface area contributed by atoms with Crippen LogP contribution in [0, 0.1) is 95.8 Å². The molecule has 0 saturated carbocycles. The fraction of sp³-hybridized carbons (Fsp3) is 0.543. The summed E-state index contributed by atoms with van der Waals surface area (Å²) >= 11 is 0. The average molecular weight is 1550 g/mol. The normalized spacial score (nSPS) is 14.2. The first-order chi connectivity index (χ1) is 50.5. The van der Waals surface area contributed by atoms with Crippen LogP contribution < -0.4 is 0 Å². The number of hydrogen-bond acceptors (Lipinski definition) is 0. The molecule has 0 bridgehead atoms. The van der Waals surface area contributed by atoms with E-state index in [0.717, 1.165) is 84.4 Å². The third-order valence-electron chi connectivity index (χ3n) is 18.1. The van der Waals surface area contributed by atoms with E-state index in [9.17, 15) is 74.6 Å². The van der Waals surface area contributed by atoms with E-state index in [2.05, 4.69) is 94.4 Å². The molecule has 0 radical (unpaired) electrons. The van der Waals surface area contributed by atoms with Crippen molar-refractivity contribution in [3.63, 3.8) is 0 Å². The maximum absolute atomic E-state index is 12.8. The van der Waals surface area contributed by atoms with Crippen LogP contribution in [0.5, 0.6) is 0 Å². The van der Waals surface area contributed by atoms with Crippen LogP contribution in [0.3, 0.4) is 0 Å². The van der Waals surface area contributed by atoms with Gasteiger partial charge in [-0.1, -0.05) is 264 Å². The van der Waals surface area contributed by atoms with Crippen molar-refractivity contribution in [2.45, 2.75) is 270 Å². The zero-order chi connectivity index (χ0) is 82.9. The minimum atomic E-state index is -5.46. The molecule has 7 rings (SSSR count). The van der Waals surface area contributed by atoms with E-state index in [0.29, 0.717) is 43.4 Å². The van der Waals surface area contributed by atoms with Crippen LogP contribution in [0.25, 0.3) is 0 Å². The molecule has 0 aliphatic carbocycles. The first-order valence-electron chi connectivity index (χ1n) is 38.3. The van der Waals surface area contributed by atoms with Crippen molar-refractivity contribution in [1.82, 2.24) is 0 Å². The van der Waals surface area contributed by atoms with Gasteiger partial charge >= 0.3 is 24.5 Å². The van der Waals surface area contributed by atoms with Gasteiger partial charge in [0.05, 0.1) is 18.8 Å². The Bertz CT molecular complexity index is 3520. The van der Waals surface area contributed by atoms with Gasteiger partial charge in [-0.25, -0.2) is 22.0 Å². The molecule has 612 valence electrons. The second kappa shape index (κ2) is 51.1. The molecule has 0 aliphatic rings. The Kier molecular flexibility index (Phi) is 47.0. The molecule has 7 aromatic rings. The first kappa shape index (κ1) is 100. The van der Waals surface area contributed by atoms with Gasteiger partial charge in [-0.15, -0.1) is 0 Å². The van der Waals surface area contributed by atoms with Crippen molar-refractivity contribution < 1.29 is 74.6 Å². The third kappa shape index (κ3) is 51.5. The summed E-state index contributed by atoms with van der Waals surface area (Å²) < 4.78 is 209. The highest BCUT2D eigenvalue weighted by atomic mass is 19.4. The molecule has 0 nitrogen and oxygen atoms in total. The quantitative estimate of drug-likeness (QED) is 0.0394. The van der Waals surface area contributed by atoms with Gasteiger partial charge in [0.1, 0.15) is 0 Å². The predicted molar refractivity (Wildman–Crippen MR) is 420 cm³/mol. The Balaban J connectivity index is 0.000000637. The standard InChI is InChI=1S/C14H19F3.C13H15F5.C13H17F3.2C13H18F2.2C13H19F/c1-10-5-4-6-13(8-10)9-11(2)7-12(3)14(15,16)17;1-9-4-3-5-11(6-9)7-10(2)8-12(14,15)13(16,17)18;1-10-4-3-5-12(8-10)9-11(2)6-7-13(14,15)16;1-10-5-4-6-12(7-10)8-11(2)9-13(3,14)15;1-10-4-3-5-12(8-10)9-11(2)6-7-13(14)15;1-10-5-4-6-13(8-10)9-11(2)7-12(3)14;1-11-5-3-7-13(9-11)10-12(2)6-4-8-14/h4-6,8,11-12H,7,9H2,1-3H3;3-6,10H,7-8H2,1-2H3;3-5,8,11H,6-7,9H2,1-2H3;4-7,11H,8-9H2,1-3H3;3-5,8,11,13H,6-7,9H2,1-2H3;4-6,8,11-12H,7,9H2,1-3H3;3,5,7,9,12H,4,6,8,10H2,1-2H3. The lowest BCUT2D eigenvalue weighted by atomic mass is 9.91. The lowest BCUT2D eigenvalue weighted by Gasteiger charge is -2.23. The summed E-state index contributed by atoms with van der Waals surface area (Å²) in [6.07, 6.45) is -9.61. The van der Waals surface area contributed by atoms with E-state index < -0.39 is 67.6 Å². The van der Waals surface area contributed by atoms with E-state index in [1.54, 1.807) is 25.1 Å². The monoisotopic (exact) mass is 1550 g/mol. The molecule has 0 amide bonds. The Morgan fingerprint density at radius 3 is 0.826 bits per heavy atom. The highest BCUT2D eigenvalue weighted by molar-refractivity contribution is 5.27. The van der Waals surface area contributed by atoms with Gasteiger partial charge in [-0.05, 0) is 226 Å². The van der Waals surface area contributed by atoms with Crippen LogP contribution in [-0.4, -0.2) is 49.6 Å². The summed E-state index contributed by atoms with van der Waals surface area (Å²) in [5.41, 5.74) is 16.4. The van der Waals surface area contributed by atoms with E-state index in [1.165, 1.54) is 52.8 Å². The topological polar surface area (TPSA) is 0 Å². The van der Waals surface area contributed by atoms with E-state index in [4.69, 9.17) is 0 Å². The van der Waals surface area contributed by atoms with Crippen LogP contribution in [0.4, 0.5) is 74.6 Å². The van der Waals surface area contributed by atoms with Crippen LogP contribution in [0.2, 0.25) is 0 Å². The minimum Gasteiger partial charge on any atom is -0.251 e. The summed E-state index contributed by atoms with van der Waals surface area (Å²) in [6.45, 7) is 31.1. The Hall–Kier alpha value is -6.65. The van der Waals surface area contributed by atoms with Crippen molar-refractivity contribution in [3.8, 4) is 0 Å². The Morgan fingerprint density at radius 2 is 0.578 bits per heavy atom. The molecule has 0 aromatic heterocycles. The molecular formula is C92H125F17. The van der Waals surface area contributed by atoms with Gasteiger partial charge in [0.2, 0.25) is 12.3 Å². The highest BCUT2D eigenvalue weighted by Crippen LogP contribution is 2.41. The fourth-order valence-electron chi connectivity index (χ4n) is 13.0. The summed E-state index contributed by atoms with van der Waals surface area (Å²) in [5.74, 6) is -7.63. The van der Waals surface area contributed by atoms with Gasteiger partial charge in [-0.3, -0.25) is 4.39 Å². The van der Waals surface area contributed by atoms with E-state index >= 15 is 0 Å². The number of benzene rings is 7.